The summed E-state index contributed by atoms with van der Waals surface area (Å²) >= 11 is 0. The van der Waals surface area contributed by atoms with Gasteiger partial charge in [0.2, 0.25) is 11.8 Å². The van der Waals surface area contributed by atoms with E-state index in [1.54, 1.807) is 0 Å². The van der Waals surface area contributed by atoms with Gasteiger partial charge < -0.3 is 10.6 Å². The van der Waals surface area contributed by atoms with Gasteiger partial charge in [-0.3, -0.25) is 9.59 Å². The molecule has 2 saturated carbocycles. The molecule has 2 N–H and O–H groups in total. The number of hydrogen-bond acceptors (Lipinski definition) is 2. The van der Waals surface area contributed by atoms with Crippen molar-refractivity contribution in [3.05, 3.63) is 35.4 Å². The zero-order valence-corrected chi connectivity index (χ0v) is 11.5. The van der Waals surface area contributed by atoms with Crippen LogP contribution >= 0.6 is 0 Å². The molecule has 0 saturated heterocycles. The van der Waals surface area contributed by atoms with Gasteiger partial charge in [0.15, 0.2) is 0 Å². The van der Waals surface area contributed by atoms with Crippen LogP contribution in [0.5, 0.6) is 0 Å². The summed E-state index contributed by atoms with van der Waals surface area (Å²) in [5, 5.41) is 5.91. The van der Waals surface area contributed by atoms with Gasteiger partial charge in [0.1, 0.15) is 0 Å². The van der Waals surface area contributed by atoms with Gasteiger partial charge in [0, 0.05) is 24.9 Å². The molecule has 20 heavy (non-hydrogen) atoms. The molecule has 0 aliphatic heterocycles. The minimum absolute atomic E-state index is 0.164. The molecule has 4 nitrogen and oxygen atoms in total. The van der Waals surface area contributed by atoms with Crippen molar-refractivity contribution in [3.63, 3.8) is 0 Å². The summed E-state index contributed by atoms with van der Waals surface area (Å²) in [5.41, 5.74) is 2.16. The van der Waals surface area contributed by atoms with Crippen molar-refractivity contribution in [1.29, 1.82) is 0 Å². The van der Waals surface area contributed by atoms with Gasteiger partial charge in [-0.15, -0.1) is 0 Å². The van der Waals surface area contributed by atoms with Crippen LogP contribution in [0.15, 0.2) is 24.3 Å². The van der Waals surface area contributed by atoms with Crippen molar-refractivity contribution in [1.82, 2.24) is 10.6 Å². The van der Waals surface area contributed by atoms with E-state index in [2.05, 4.69) is 10.6 Å². The van der Waals surface area contributed by atoms with E-state index in [1.165, 1.54) is 0 Å². The second kappa shape index (κ2) is 5.65. The Hall–Kier alpha value is -1.84. The highest BCUT2D eigenvalue weighted by Gasteiger charge is 2.29. The van der Waals surface area contributed by atoms with Crippen LogP contribution in [-0.2, 0) is 22.7 Å². The van der Waals surface area contributed by atoms with Crippen molar-refractivity contribution >= 4 is 11.8 Å². The van der Waals surface area contributed by atoms with Crippen molar-refractivity contribution in [3.8, 4) is 0 Å². The number of hydrogen-bond donors (Lipinski definition) is 2. The lowest BCUT2D eigenvalue weighted by atomic mass is 10.1. The monoisotopic (exact) mass is 272 g/mol. The molecular weight excluding hydrogens is 252 g/mol. The summed E-state index contributed by atoms with van der Waals surface area (Å²) in [6.07, 6.45) is 4.11. The van der Waals surface area contributed by atoms with Gasteiger partial charge in [0.25, 0.3) is 0 Å². The summed E-state index contributed by atoms with van der Waals surface area (Å²) in [6.45, 7) is 1.14. The molecule has 0 aromatic heterocycles. The molecule has 0 radical (unpaired) electrons. The Morgan fingerprint density at radius 3 is 1.75 bits per heavy atom. The molecule has 1 aromatic rings. The fraction of sp³-hybridized carbons (Fsp3) is 0.500. The number of nitrogens with one attached hydrogen (secondary N) is 2. The van der Waals surface area contributed by atoms with Gasteiger partial charge in [-0.2, -0.15) is 0 Å². The molecule has 2 amide bonds. The van der Waals surface area contributed by atoms with Gasteiger partial charge in [-0.25, -0.2) is 0 Å². The Labute approximate surface area is 118 Å². The summed E-state index contributed by atoms with van der Waals surface area (Å²) in [7, 11) is 0. The van der Waals surface area contributed by atoms with Crippen molar-refractivity contribution < 1.29 is 9.59 Å². The van der Waals surface area contributed by atoms with E-state index in [0.717, 1.165) is 36.8 Å². The molecular formula is C16H20N2O2. The lowest BCUT2D eigenvalue weighted by Gasteiger charge is -2.08. The third-order valence-electron chi connectivity index (χ3n) is 3.82. The Balaban J connectivity index is 1.49. The van der Waals surface area contributed by atoms with E-state index in [0.29, 0.717) is 13.1 Å². The molecule has 2 aliphatic rings. The first-order valence-corrected chi connectivity index (χ1v) is 7.35. The smallest absolute Gasteiger partial charge is 0.223 e. The SMILES string of the molecule is O=C(NCc1cccc(CNC(=O)C2CC2)c1)C1CC1. The summed E-state index contributed by atoms with van der Waals surface area (Å²) < 4.78 is 0. The van der Waals surface area contributed by atoms with E-state index in [9.17, 15) is 9.59 Å². The number of amides is 2. The Kier molecular flexibility index (Phi) is 3.72. The van der Waals surface area contributed by atoms with Crippen LogP contribution in [0.25, 0.3) is 0 Å². The second-order valence-electron chi connectivity index (χ2n) is 5.80. The lowest BCUT2D eigenvalue weighted by molar-refractivity contribution is -0.123. The van der Waals surface area contributed by atoms with Gasteiger partial charge in [-0.1, -0.05) is 24.3 Å². The Morgan fingerprint density at radius 1 is 0.900 bits per heavy atom. The van der Waals surface area contributed by atoms with E-state index in [-0.39, 0.29) is 23.7 Å². The number of benzene rings is 1. The van der Waals surface area contributed by atoms with Crippen LogP contribution in [0.3, 0.4) is 0 Å². The molecule has 106 valence electrons. The molecule has 4 heteroatoms. The molecule has 0 bridgehead atoms. The quantitative estimate of drug-likeness (QED) is 0.828. The average molecular weight is 272 g/mol. The summed E-state index contributed by atoms with van der Waals surface area (Å²) in [6, 6.07) is 8.01. The molecule has 2 aliphatic carbocycles. The third kappa shape index (κ3) is 3.59. The second-order valence-corrected chi connectivity index (χ2v) is 5.80. The largest absolute Gasteiger partial charge is 0.352 e. The third-order valence-corrected chi connectivity index (χ3v) is 3.82. The van der Waals surface area contributed by atoms with Crippen LogP contribution in [-0.4, -0.2) is 11.8 Å². The van der Waals surface area contributed by atoms with Crippen LogP contribution in [0, 0.1) is 11.8 Å². The topological polar surface area (TPSA) is 58.2 Å². The van der Waals surface area contributed by atoms with Crippen LogP contribution < -0.4 is 10.6 Å². The number of carbonyl (C=O) groups is 2. The molecule has 1 aromatic carbocycles. The maximum Gasteiger partial charge on any atom is 0.223 e. The van der Waals surface area contributed by atoms with E-state index >= 15 is 0 Å². The standard InChI is InChI=1S/C16H20N2O2/c19-15(13-4-5-13)17-9-11-2-1-3-12(8-11)10-18-16(20)14-6-7-14/h1-3,8,13-14H,4-7,9-10H2,(H,17,19)(H,18,20). The van der Waals surface area contributed by atoms with Crippen LogP contribution in [0.2, 0.25) is 0 Å². The molecule has 3 rings (SSSR count). The van der Waals surface area contributed by atoms with Crippen molar-refractivity contribution in [2.24, 2.45) is 11.8 Å². The summed E-state index contributed by atoms with van der Waals surface area (Å²) in [5.74, 6) is 0.821. The predicted molar refractivity (Wildman–Crippen MR) is 75.6 cm³/mol. The van der Waals surface area contributed by atoms with E-state index in [1.807, 2.05) is 24.3 Å². The Morgan fingerprint density at radius 2 is 1.35 bits per heavy atom. The zero-order chi connectivity index (χ0) is 13.9. The fourth-order valence-corrected chi connectivity index (χ4v) is 2.21. The van der Waals surface area contributed by atoms with E-state index < -0.39 is 0 Å². The highest BCUT2D eigenvalue weighted by Crippen LogP contribution is 2.29. The Bertz CT molecular complexity index is 476. The molecule has 0 atom stereocenters. The van der Waals surface area contributed by atoms with Crippen molar-refractivity contribution in [2.45, 2.75) is 38.8 Å². The molecule has 0 heterocycles. The highest BCUT2D eigenvalue weighted by atomic mass is 16.2. The first-order chi connectivity index (χ1) is 9.72. The number of rotatable bonds is 6. The van der Waals surface area contributed by atoms with Crippen molar-refractivity contribution in [2.75, 3.05) is 0 Å². The average Bonchev–Trinajstić information content (AvgIpc) is 3.31. The predicted octanol–water partition coefficient (Wildman–Crippen LogP) is 1.74. The highest BCUT2D eigenvalue weighted by molar-refractivity contribution is 5.81. The first-order valence-electron chi connectivity index (χ1n) is 7.35. The van der Waals surface area contributed by atoms with Crippen LogP contribution in [0.4, 0.5) is 0 Å². The fourth-order valence-electron chi connectivity index (χ4n) is 2.21. The maximum absolute atomic E-state index is 11.6. The summed E-state index contributed by atoms with van der Waals surface area (Å²) in [4.78, 5) is 23.2. The maximum atomic E-state index is 11.6. The lowest BCUT2D eigenvalue weighted by Crippen LogP contribution is -2.25. The minimum atomic E-state index is 0.164. The zero-order valence-electron chi connectivity index (χ0n) is 11.5. The molecule has 0 unspecified atom stereocenters. The number of carbonyl (C=O) groups excluding carboxylic acids is 2. The first kappa shape index (κ1) is 13.2. The molecule has 2 fully saturated rings. The van der Waals surface area contributed by atoms with Gasteiger partial charge >= 0.3 is 0 Å². The van der Waals surface area contributed by atoms with Gasteiger partial charge in [-0.05, 0) is 36.8 Å². The normalized spacial score (nSPS) is 17.6. The van der Waals surface area contributed by atoms with E-state index in [4.69, 9.17) is 0 Å². The minimum Gasteiger partial charge on any atom is -0.352 e. The molecule has 0 spiro atoms. The van der Waals surface area contributed by atoms with Crippen LogP contribution in [0.1, 0.15) is 36.8 Å². The van der Waals surface area contributed by atoms with Gasteiger partial charge in [0.05, 0.1) is 0 Å².